The van der Waals surface area contributed by atoms with Crippen LogP contribution in [0.25, 0.3) is 0 Å². The first-order valence-electron chi connectivity index (χ1n) is 6.99. The fourth-order valence-electron chi connectivity index (χ4n) is 3.16. The summed E-state index contributed by atoms with van der Waals surface area (Å²) in [6.07, 6.45) is 5.88. The van der Waals surface area contributed by atoms with Crippen LogP contribution in [0, 0.1) is 0 Å². The molecule has 104 valence electrons. The second-order valence-electron chi connectivity index (χ2n) is 5.52. The van der Waals surface area contributed by atoms with Crippen molar-refractivity contribution >= 4 is 23.2 Å². The lowest BCUT2D eigenvalue weighted by Crippen LogP contribution is -2.54. The van der Waals surface area contributed by atoms with Gasteiger partial charge in [0.25, 0.3) is 0 Å². The van der Waals surface area contributed by atoms with Gasteiger partial charge in [0.2, 0.25) is 0 Å². The number of piperazine rings is 1. The number of halogens is 2. The molecule has 2 aliphatic rings. The average molecular weight is 300 g/mol. The first kappa shape index (κ1) is 13.6. The summed E-state index contributed by atoms with van der Waals surface area (Å²) in [7, 11) is 0. The molecule has 3 nitrogen and oxygen atoms in total. The average Bonchev–Trinajstić information content (AvgIpc) is 2.42. The number of pyridine rings is 1. The molecule has 2 aliphatic heterocycles. The van der Waals surface area contributed by atoms with Gasteiger partial charge in [0.15, 0.2) is 0 Å². The molecule has 0 radical (unpaired) electrons. The highest BCUT2D eigenvalue weighted by molar-refractivity contribution is 6.34. The van der Waals surface area contributed by atoms with Gasteiger partial charge in [-0.3, -0.25) is 9.80 Å². The van der Waals surface area contributed by atoms with Gasteiger partial charge in [0.05, 0.1) is 0 Å². The molecule has 3 heterocycles. The highest BCUT2D eigenvalue weighted by Gasteiger charge is 2.28. The summed E-state index contributed by atoms with van der Waals surface area (Å²) in [5.41, 5.74) is 1.08. The summed E-state index contributed by atoms with van der Waals surface area (Å²) in [5.74, 6) is 0. The summed E-state index contributed by atoms with van der Waals surface area (Å²) < 4.78 is 0. The normalized spacial score (nSPS) is 25.3. The van der Waals surface area contributed by atoms with Crippen LogP contribution < -0.4 is 0 Å². The zero-order valence-electron chi connectivity index (χ0n) is 11.0. The minimum atomic E-state index is 0.464. The number of fused-ring (bicyclic) bond motifs is 1. The largest absolute Gasteiger partial charge is 0.298 e. The van der Waals surface area contributed by atoms with Crippen LogP contribution in [0.3, 0.4) is 0 Å². The van der Waals surface area contributed by atoms with Gasteiger partial charge >= 0.3 is 0 Å². The Labute approximate surface area is 124 Å². The number of rotatable bonds is 2. The Morgan fingerprint density at radius 1 is 1.21 bits per heavy atom. The van der Waals surface area contributed by atoms with Gasteiger partial charge in [-0.2, -0.15) is 0 Å². The maximum Gasteiger partial charge on any atom is 0.130 e. The highest BCUT2D eigenvalue weighted by Crippen LogP contribution is 2.24. The molecule has 1 aromatic rings. The summed E-state index contributed by atoms with van der Waals surface area (Å²) in [6, 6.07) is 2.47. The number of aromatic nitrogens is 1. The zero-order chi connectivity index (χ0) is 13.2. The van der Waals surface area contributed by atoms with Crippen molar-refractivity contribution in [3.63, 3.8) is 0 Å². The smallest absolute Gasteiger partial charge is 0.130 e. The quantitative estimate of drug-likeness (QED) is 0.783. The molecule has 0 amide bonds. The third kappa shape index (κ3) is 3.22. The molecule has 2 saturated heterocycles. The van der Waals surface area contributed by atoms with E-state index in [2.05, 4.69) is 14.8 Å². The van der Waals surface area contributed by atoms with Gasteiger partial charge in [-0.1, -0.05) is 29.6 Å². The standard InChI is InChI=1S/C14H19Cl2N3/c15-13-7-14(16)17-8-11(13)9-18-5-6-19-4-2-1-3-12(19)10-18/h7-8,12H,1-6,9-10H2. The maximum absolute atomic E-state index is 6.22. The van der Waals surface area contributed by atoms with Gasteiger partial charge < -0.3 is 0 Å². The van der Waals surface area contributed by atoms with Gasteiger partial charge in [-0.05, 0) is 25.5 Å². The Bertz CT molecular complexity index is 452. The van der Waals surface area contributed by atoms with E-state index in [1.807, 2.05) is 0 Å². The SMILES string of the molecule is Clc1cc(Cl)c(CN2CCN3CCCCC3C2)cn1. The number of hydrogen-bond acceptors (Lipinski definition) is 3. The van der Waals surface area contributed by atoms with Crippen LogP contribution in [0.2, 0.25) is 10.2 Å². The van der Waals surface area contributed by atoms with E-state index in [1.165, 1.54) is 32.4 Å². The second kappa shape index (κ2) is 5.96. The van der Waals surface area contributed by atoms with Crippen molar-refractivity contribution in [3.05, 3.63) is 28.0 Å². The lowest BCUT2D eigenvalue weighted by Gasteiger charge is -2.44. The van der Waals surface area contributed by atoms with E-state index in [-0.39, 0.29) is 0 Å². The van der Waals surface area contributed by atoms with Crippen molar-refractivity contribution in [2.24, 2.45) is 0 Å². The molecular weight excluding hydrogens is 281 g/mol. The number of nitrogens with zero attached hydrogens (tertiary/aromatic N) is 3. The van der Waals surface area contributed by atoms with Crippen molar-refractivity contribution in [2.75, 3.05) is 26.2 Å². The number of piperidine rings is 1. The Kier molecular flexibility index (Phi) is 4.27. The molecule has 19 heavy (non-hydrogen) atoms. The lowest BCUT2D eigenvalue weighted by molar-refractivity contribution is 0.0456. The highest BCUT2D eigenvalue weighted by atomic mass is 35.5. The third-order valence-electron chi connectivity index (χ3n) is 4.21. The monoisotopic (exact) mass is 299 g/mol. The van der Waals surface area contributed by atoms with Crippen LogP contribution in [-0.4, -0.2) is 47.0 Å². The predicted molar refractivity (Wildman–Crippen MR) is 78.7 cm³/mol. The van der Waals surface area contributed by atoms with E-state index < -0.39 is 0 Å². The topological polar surface area (TPSA) is 19.4 Å². The fourth-order valence-corrected chi connectivity index (χ4v) is 3.58. The van der Waals surface area contributed by atoms with Crippen molar-refractivity contribution in [1.82, 2.24) is 14.8 Å². The summed E-state index contributed by atoms with van der Waals surface area (Å²) >= 11 is 12.1. The lowest BCUT2D eigenvalue weighted by atomic mass is 9.99. The van der Waals surface area contributed by atoms with Crippen LogP contribution in [-0.2, 0) is 6.54 Å². The van der Waals surface area contributed by atoms with Crippen LogP contribution in [0.5, 0.6) is 0 Å². The van der Waals surface area contributed by atoms with E-state index in [0.717, 1.165) is 36.3 Å². The maximum atomic E-state index is 6.22. The summed E-state index contributed by atoms with van der Waals surface area (Å²) in [5, 5.41) is 1.19. The molecule has 3 rings (SSSR count). The molecule has 1 atom stereocenters. The molecule has 0 bridgehead atoms. The van der Waals surface area contributed by atoms with Crippen LogP contribution in [0.1, 0.15) is 24.8 Å². The Balaban J connectivity index is 1.64. The van der Waals surface area contributed by atoms with E-state index in [1.54, 1.807) is 12.3 Å². The molecule has 0 saturated carbocycles. The van der Waals surface area contributed by atoms with Crippen LogP contribution >= 0.6 is 23.2 Å². The molecule has 0 aliphatic carbocycles. The second-order valence-corrected chi connectivity index (χ2v) is 6.31. The first-order chi connectivity index (χ1) is 9.22. The fraction of sp³-hybridized carbons (Fsp3) is 0.643. The minimum Gasteiger partial charge on any atom is -0.298 e. The molecule has 1 aromatic heterocycles. The predicted octanol–water partition coefficient (Wildman–Crippen LogP) is 3.06. The van der Waals surface area contributed by atoms with Gasteiger partial charge in [0, 0.05) is 49.0 Å². The van der Waals surface area contributed by atoms with Gasteiger partial charge in [0.1, 0.15) is 5.15 Å². The Hall–Kier alpha value is -0.350. The molecule has 0 spiro atoms. The Morgan fingerprint density at radius 3 is 2.95 bits per heavy atom. The third-order valence-corrected chi connectivity index (χ3v) is 4.77. The Morgan fingerprint density at radius 2 is 2.11 bits per heavy atom. The molecule has 5 heteroatoms. The first-order valence-corrected chi connectivity index (χ1v) is 7.74. The van der Waals surface area contributed by atoms with Crippen molar-refractivity contribution < 1.29 is 0 Å². The molecule has 1 unspecified atom stereocenters. The van der Waals surface area contributed by atoms with Crippen molar-refractivity contribution in [1.29, 1.82) is 0 Å². The summed E-state index contributed by atoms with van der Waals surface area (Å²) in [6.45, 7) is 5.62. The van der Waals surface area contributed by atoms with Crippen LogP contribution in [0.4, 0.5) is 0 Å². The molecule has 2 fully saturated rings. The zero-order valence-corrected chi connectivity index (χ0v) is 12.5. The minimum absolute atomic E-state index is 0.464. The van der Waals surface area contributed by atoms with Crippen molar-refractivity contribution in [2.45, 2.75) is 31.8 Å². The molecular formula is C14H19Cl2N3. The van der Waals surface area contributed by atoms with E-state index in [0.29, 0.717) is 5.15 Å². The summed E-state index contributed by atoms with van der Waals surface area (Å²) in [4.78, 5) is 9.26. The molecule has 0 N–H and O–H groups in total. The van der Waals surface area contributed by atoms with E-state index >= 15 is 0 Å². The van der Waals surface area contributed by atoms with Crippen molar-refractivity contribution in [3.8, 4) is 0 Å². The number of hydrogen-bond donors (Lipinski definition) is 0. The van der Waals surface area contributed by atoms with Crippen LogP contribution in [0.15, 0.2) is 12.3 Å². The van der Waals surface area contributed by atoms with E-state index in [4.69, 9.17) is 23.2 Å². The van der Waals surface area contributed by atoms with Gasteiger partial charge in [-0.25, -0.2) is 4.98 Å². The molecule has 0 aromatic carbocycles. The van der Waals surface area contributed by atoms with E-state index in [9.17, 15) is 0 Å². The van der Waals surface area contributed by atoms with Gasteiger partial charge in [-0.15, -0.1) is 0 Å².